The van der Waals surface area contributed by atoms with Crippen LogP contribution in [0.1, 0.15) is 19.3 Å². The molecule has 0 saturated carbocycles. The van der Waals surface area contributed by atoms with E-state index in [1.807, 2.05) is 18.2 Å². The van der Waals surface area contributed by atoms with E-state index in [2.05, 4.69) is 20.9 Å². The molecule has 1 aromatic heterocycles. The van der Waals surface area contributed by atoms with Crippen LogP contribution in [0.25, 0.3) is 0 Å². The molecule has 0 spiro atoms. The molecule has 19 heavy (non-hydrogen) atoms. The fraction of sp³-hybridized carbons (Fsp3) is 0.571. The summed E-state index contributed by atoms with van der Waals surface area (Å²) in [5, 5.41) is 9.50. The minimum absolute atomic E-state index is 0.199. The SMILES string of the molecule is O=C(NCCCNc1ccccn1)C1CCNCC1. The van der Waals surface area contributed by atoms with Gasteiger partial charge in [0.2, 0.25) is 5.91 Å². The highest BCUT2D eigenvalue weighted by Crippen LogP contribution is 2.11. The summed E-state index contributed by atoms with van der Waals surface area (Å²) in [7, 11) is 0. The number of rotatable bonds is 6. The Morgan fingerprint density at radius 1 is 1.32 bits per heavy atom. The summed E-state index contributed by atoms with van der Waals surface area (Å²) < 4.78 is 0. The second kappa shape index (κ2) is 7.74. The number of amides is 1. The van der Waals surface area contributed by atoms with Crippen LogP contribution in [0.3, 0.4) is 0 Å². The topological polar surface area (TPSA) is 66.0 Å². The van der Waals surface area contributed by atoms with E-state index in [9.17, 15) is 4.79 Å². The van der Waals surface area contributed by atoms with Gasteiger partial charge in [0, 0.05) is 25.2 Å². The average Bonchev–Trinajstić information content (AvgIpc) is 2.49. The van der Waals surface area contributed by atoms with Crippen LogP contribution in [-0.4, -0.2) is 37.1 Å². The molecule has 0 unspecified atom stereocenters. The molecule has 5 heteroatoms. The van der Waals surface area contributed by atoms with E-state index in [0.29, 0.717) is 0 Å². The fourth-order valence-corrected chi connectivity index (χ4v) is 2.21. The maximum absolute atomic E-state index is 11.9. The normalized spacial score (nSPS) is 16.0. The fourth-order valence-electron chi connectivity index (χ4n) is 2.21. The lowest BCUT2D eigenvalue weighted by Crippen LogP contribution is -2.38. The van der Waals surface area contributed by atoms with E-state index in [1.54, 1.807) is 6.20 Å². The average molecular weight is 262 g/mol. The van der Waals surface area contributed by atoms with Crippen molar-refractivity contribution in [2.75, 3.05) is 31.5 Å². The maximum atomic E-state index is 11.9. The number of piperidine rings is 1. The summed E-state index contributed by atoms with van der Waals surface area (Å²) in [6.07, 6.45) is 4.59. The number of carbonyl (C=O) groups is 1. The second-order valence-corrected chi connectivity index (χ2v) is 4.81. The van der Waals surface area contributed by atoms with Crippen LogP contribution in [0.2, 0.25) is 0 Å². The van der Waals surface area contributed by atoms with Gasteiger partial charge in [-0.25, -0.2) is 4.98 Å². The first-order chi connectivity index (χ1) is 9.36. The number of pyridine rings is 1. The van der Waals surface area contributed by atoms with Gasteiger partial charge in [-0.3, -0.25) is 4.79 Å². The highest BCUT2D eigenvalue weighted by molar-refractivity contribution is 5.78. The van der Waals surface area contributed by atoms with E-state index in [1.165, 1.54) is 0 Å². The lowest BCUT2D eigenvalue weighted by atomic mass is 9.97. The number of carbonyl (C=O) groups excluding carboxylic acids is 1. The molecule has 0 aromatic carbocycles. The minimum atomic E-state index is 0.199. The molecule has 1 aromatic rings. The number of anilines is 1. The largest absolute Gasteiger partial charge is 0.370 e. The zero-order chi connectivity index (χ0) is 13.3. The van der Waals surface area contributed by atoms with E-state index in [0.717, 1.165) is 51.3 Å². The molecule has 0 atom stereocenters. The Bertz CT molecular complexity index is 376. The maximum Gasteiger partial charge on any atom is 0.223 e. The Labute approximate surface area is 114 Å². The van der Waals surface area contributed by atoms with Crippen molar-refractivity contribution in [3.05, 3.63) is 24.4 Å². The van der Waals surface area contributed by atoms with Crippen molar-refractivity contribution in [2.45, 2.75) is 19.3 Å². The van der Waals surface area contributed by atoms with Crippen LogP contribution in [0, 0.1) is 5.92 Å². The second-order valence-electron chi connectivity index (χ2n) is 4.81. The molecule has 1 aliphatic heterocycles. The molecule has 0 aliphatic carbocycles. The molecule has 3 N–H and O–H groups in total. The highest BCUT2D eigenvalue weighted by atomic mass is 16.1. The summed E-state index contributed by atoms with van der Waals surface area (Å²) in [6, 6.07) is 5.78. The van der Waals surface area contributed by atoms with Gasteiger partial charge in [0.25, 0.3) is 0 Å². The van der Waals surface area contributed by atoms with E-state index < -0.39 is 0 Å². The lowest BCUT2D eigenvalue weighted by Gasteiger charge is -2.21. The molecule has 1 saturated heterocycles. The number of nitrogens with one attached hydrogen (secondary N) is 3. The Morgan fingerprint density at radius 3 is 2.89 bits per heavy atom. The standard InChI is InChI=1S/C14H22N4O/c19-14(12-5-10-15-11-6-12)18-9-3-8-17-13-4-1-2-7-16-13/h1-2,4,7,12,15H,3,5-6,8-11H2,(H,16,17)(H,18,19). The number of aromatic nitrogens is 1. The third-order valence-corrected chi connectivity index (χ3v) is 3.33. The van der Waals surface area contributed by atoms with Crippen molar-refractivity contribution >= 4 is 11.7 Å². The van der Waals surface area contributed by atoms with E-state index in [-0.39, 0.29) is 11.8 Å². The monoisotopic (exact) mass is 262 g/mol. The lowest BCUT2D eigenvalue weighted by molar-refractivity contribution is -0.125. The van der Waals surface area contributed by atoms with Crippen LogP contribution in [0.15, 0.2) is 24.4 Å². The summed E-state index contributed by atoms with van der Waals surface area (Å²) in [4.78, 5) is 16.0. The van der Waals surface area contributed by atoms with Crippen molar-refractivity contribution in [3.63, 3.8) is 0 Å². The van der Waals surface area contributed by atoms with Gasteiger partial charge in [-0.2, -0.15) is 0 Å². The smallest absolute Gasteiger partial charge is 0.223 e. The predicted octanol–water partition coefficient (Wildman–Crippen LogP) is 0.999. The van der Waals surface area contributed by atoms with Gasteiger partial charge in [0.05, 0.1) is 0 Å². The van der Waals surface area contributed by atoms with E-state index >= 15 is 0 Å². The third-order valence-electron chi connectivity index (χ3n) is 3.33. The van der Waals surface area contributed by atoms with Crippen LogP contribution in [-0.2, 0) is 4.79 Å². The molecule has 2 rings (SSSR count). The molecule has 2 heterocycles. The van der Waals surface area contributed by atoms with E-state index in [4.69, 9.17) is 0 Å². The number of hydrogen-bond donors (Lipinski definition) is 3. The molecule has 1 aliphatic rings. The Morgan fingerprint density at radius 2 is 2.16 bits per heavy atom. The van der Waals surface area contributed by atoms with Crippen molar-refractivity contribution in [2.24, 2.45) is 5.92 Å². The van der Waals surface area contributed by atoms with Crippen molar-refractivity contribution in [1.29, 1.82) is 0 Å². The molecule has 104 valence electrons. The van der Waals surface area contributed by atoms with Gasteiger partial charge >= 0.3 is 0 Å². The van der Waals surface area contributed by atoms with Crippen molar-refractivity contribution < 1.29 is 4.79 Å². The first-order valence-electron chi connectivity index (χ1n) is 6.99. The summed E-state index contributed by atoms with van der Waals surface area (Å²) in [5.74, 6) is 1.29. The Kier molecular flexibility index (Phi) is 5.62. The van der Waals surface area contributed by atoms with Gasteiger partial charge in [-0.05, 0) is 44.5 Å². The first-order valence-corrected chi connectivity index (χ1v) is 6.99. The van der Waals surface area contributed by atoms with Crippen LogP contribution in [0.5, 0.6) is 0 Å². The van der Waals surface area contributed by atoms with Crippen LogP contribution in [0.4, 0.5) is 5.82 Å². The highest BCUT2D eigenvalue weighted by Gasteiger charge is 2.19. The van der Waals surface area contributed by atoms with Crippen molar-refractivity contribution in [3.8, 4) is 0 Å². The predicted molar refractivity (Wildman–Crippen MR) is 75.9 cm³/mol. The molecule has 0 bridgehead atoms. The Balaban J connectivity index is 1.55. The quantitative estimate of drug-likeness (QED) is 0.669. The molecule has 5 nitrogen and oxygen atoms in total. The van der Waals surface area contributed by atoms with Gasteiger partial charge in [-0.15, -0.1) is 0 Å². The number of nitrogens with zero attached hydrogens (tertiary/aromatic N) is 1. The van der Waals surface area contributed by atoms with Gasteiger partial charge < -0.3 is 16.0 Å². The molecule has 0 radical (unpaired) electrons. The van der Waals surface area contributed by atoms with Gasteiger partial charge in [-0.1, -0.05) is 6.07 Å². The summed E-state index contributed by atoms with van der Waals surface area (Å²) in [5.41, 5.74) is 0. The third kappa shape index (κ3) is 4.87. The summed E-state index contributed by atoms with van der Waals surface area (Å²) >= 11 is 0. The van der Waals surface area contributed by atoms with Crippen LogP contribution >= 0.6 is 0 Å². The van der Waals surface area contributed by atoms with Gasteiger partial charge in [0.15, 0.2) is 0 Å². The Hall–Kier alpha value is -1.62. The first kappa shape index (κ1) is 13.8. The van der Waals surface area contributed by atoms with Gasteiger partial charge in [0.1, 0.15) is 5.82 Å². The molecule has 1 amide bonds. The molecular formula is C14H22N4O. The zero-order valence-electron chi connectivity index (χ0n) is 11.2. The van der Waals surface area contributed by atoms with Crippen molar-refractivity contribution in [1.82, 2.24) is 15.6 Å². The summed E-state index contributed by atoms with van der Waals surface area (Å²) in [6.45, 7) is 3.46. The zero-order valence-corrected chi connectivity index (χ0v) is 11.2. The minimum Gasteiger partial charge on any atom is -0.370 e. The molecular weight excluding hydrogens is 240 g/mol. The number of hydrogen-bond acceptors (Lipinski definition) is 4. The van der Waals surface area contributed by atoms with Crippen LogP contribution < -0.4 is 16.0 Å². The molecule has 1 fully saturated rings.